The second-order valence-corrected chi connectivity index (χ2v) is 4.66. The Morgan fingerprint density at radius 2 is 2.50 bits per heavy atom. The number of carbonyl (C=O) groups is 1. The van der Waals surface area contributed by atoms with E-state index in [1.807, 2.05) is 12.3 Å². The Balaban J connectivity index is 1.50. The molecular weight excluding hydrogens is 260 g/mol. The molecule has 20 heavy (non-hydrogen) atoms. The Morgan fingerprint density at radius 1 is 1.55 bits per heavy atom. The first-order chi connectivity index (χ1) is 9.81. The number of anilines is 1. The van der Waals surface area contributed by atoms with Gasteiger partial charge in [-0.25, -0.2) is 0 Å². The monoisotopic (exact) mass is 276 g/mol. The van der Waals surface area contributed by atoms with E-state index in [4.69, 9.17) is 4.42 Å². The Bertz CT molecular complexity index is 558. The molecule has 3 heterocycles. The molecule has 0 aromatic carbocycles. The predicted octanol–water partition coefficient (Wildman–Crippen LogP) is 0.719. The van der Waals surface area contributed by atoms with Gasteiger partial charge in [0.25, 0.3) is 0 Å². The average Bonchev–Trinajstić information content (AvgIpc) is 3.18. The molecule has 0 radical (unpaired) electrons. The van der Waals surface area contributed by atoms with E-state index in [9.17, 15) is 4.79 Å². The van der Waals surface area contributed by atoms with Gasteiger partial charge in [-0.3, -0.25) is 14.8 Å². The maximum absolute atomic E-state index is 11.7. The van der Waals surface area contributed by atoms with Gasteiger partial charge in [0.1, 0.15) is 0 Å². The SMILES string of the molecule is O=C(CCn1cccn1)Nc1nnc(C2CCCN2)o1. The number of nitrogens with one attached hydrogen (secondary N) is 2. The first kappa shape index (κ1) is 12.8. The summed E-state index contributed by atoms with van der Waals surface area (Å²) in [5.74, 6) is 0.361. The zero-order chi connectivity index (χ0) is 13.8. The summed E-state index contributed by atoms with van der Waals surface area (Å²) in [4.78, 5) is 11.7. The molecule has 8 heteroatoms. The van der Waals surface area contributed by atoms with Gasteiger partial charge in [-0.05, 0) is 25.5 Å². The van der Waals surface area contributed by atoms with Gasteiger partial charge in [-0.2, -0.15) is 5.10 Å². The maximum Gasteiger partial charge on any atom is 0.322 e. The fraction of sp³-hybridized carbons (Fsp3) is 0.500. The van der Waals surface area contributed by atoms with E-state index >= 15 is 0 Å². The fourth-order valence-electron chi connectivity index (χ4n) is 2.15. The highest BCUT2D eigenvalue weighted by atomic mass is 16.4. The van der Waals surface area contributed by atoms with Gasteiger partial charge in [0.2, 0.25) is 11.8 Å². The molecule has 1 aliphatic rings. The Kier molecular flexibility index (Phi) is 3.73. The lowest BCUT2D eigenvalue weighted by Gasteiger charge is -2.03. The normalized spacial score (nSPS) is 18.3. The van der Waals surface area contributed by atoms with Crippen molar-refractivity contribution in [3.05, 3.63) is 24.4 Å². The highest BCUT2D eigenvalue weighted by molar-refractivity contribution is 5.88. The summed E-state index contributed by atoms with van der Waals surface area (Å²) in [6, 6.07) is 2.08. The van der Waals surface area contributed by atoms with Crippen LogP contribution in [-0.4, -0.2) is 32.4 Å². The van der Waals surface area contributed by atoms with E-state index in [0.717, 1.165) is 19.4 Å². The van der Waals surface area contributed by atoms with E-state index in [-0.39, 0.29) is 18.0 Å². The van der Waals surface area contributed by atoms with Gasteiger partial charge in [0.15, 0.2) is 0 Å². The topological polar surface area (TPSA) is 97.9 Å². The van der Waals surface area contributed by atoms with Crippen LogP contribution < -0.4 is 10.6 Å². The Morgan fingerprint density at radius 3 is 3.25 bits per heavy atom. The molecule has 2 aromatic rings. The molecule has 1 aliphatic heterocycles. The van der Waals surface area contributed by atoms with Crippen molar-refractivity contribution in [2.75, 3.05) is 11.9 Å². The molecule has 1 saturated heterocycles. The van der Waals surface area contributed by atoms with Crippen LogP contribution in [0.2, 0.25) is 0 Å². The second-order valence-electron chi connectivity index (χ2n) is 4.66. The number of carbonyl (C=O) groups excluding carboxylic acids is 1. The van der Waals surface area contributed by atoms with Crippen molar-refractivity contribution in [2.45, 2.75) is 31.8 Å². The van der Waals surface area contributed by atoms with Crippen LogP contribution in [0.4, 0.5) is 6.01 Å². The van der Waals surface area contributed by atoms with Crippen molar-refractivity contribution in [1.29, 1.82) is 0 Å². The summed E-state index contributed by atoms with van der Waals surface area (Å²) in [5.41, 5.74) is 0. The smallest absolute Gasteiger partial charge is 0.322 e. The molecule has 1 atom stereocenters. The minimum absolute atomic E-state index is 0.109. The third-order valence-electron chi connectivity index (χ3n) is 3.17. The predicted molar refractivity (Wildman–Crippen MR) is 69.7 cm³/mol. The van der Waals surface area contributed by atoms with Gasteiger partial charge in [0.05, 0.1) is 6.04 Å². The minimum Gasteiger partial charge on any atom is -0.406 e. The largest absolute Gasteiger partial charge is 0.406 e. The molecule has 2 N–H and O–H groups in total. The fourth-order valence-corrected chi connectivity index (χ4v) is 2.15. The Labute approximate surface area is 115 Å². The number of aryl methyl sites for hydroxylation is 1. The van der Waals surface area contributed by atoms with Gasteiger partial charge in [0, 0.05) is 25.4 Å². The first-order valence-electron chi connectivity index (χ1n) is 6.65. The van der Waals surface area contributed by atoms with Crippen LogP contribution in [0.25, 0.3) is 0 Å². The lowest BCUT2D eigenvalue weighted by molar-refractivity contribution is -0.116. The third-order valence-corrected chi connectivity index (χ3v) is 3.17. The van der Waals surface area contributed by atoms with Crippen LogP contribution in [-0.2, 0) is 11.3 Å². The van der Waals surface area contributed by atoms with E-state index < -0.39 is 0 Å². The van der Waals surface area contributed by atoms with Gasteiger partial charge in [-0.15, -0.1) is 5.10 Å². The zero-order valence-corrected chi connectivity index (χ0v) is 11.0. The molecule has 106 valence electrons. The van der Waals surface area contributed by atoms with Crippen LogP contribution in [0.1, 0.15) is 31.2 Å². The van der Waals surface area contributed by atoms with Crippen molar-refractivity contribution >= 4 is 11.9 Å². The molecule has 1 amide bonds. The molecule has 2 aromatic heterocycles. The number of aromatic nitrogens is 4. The molecule has 0 spiro atoms. The molecule has 0 bridgehead atoms. The van der Waals surface area contributed by atoms with Crippen LogP contribution in [0, 0.1) is 0 Å². The Hall–Kier alpha value is -2.22. The molecule has 0 saturated carbocycles. The van der Waals surface area contributed by atoms with Gasteiger partial charge < -0.3 is 9.73 Å². The number of amides is 1. The second kappa shape index (κ2) is 5.83. The number of rotatable bonds is 5. The summed E-state index contributed by atoms with van der Waals surface area (Å²) in [6.07, 6.45) is 5.87. The molecule has 3 rings (SSSR count). The zero-order valence-electron chi connectivity index (χ0n) is 11.0. The number of hydrogen-bond donors (Lipinski definition) is 2. The minimum atomic E-state index is -0.171. The van der Waals surface area contributed by atoms with Crippen molar-refractivity contribution < 1.29 is 9.21 Å². The van der Waals surface area contributed by atoms with Gasteiger partial charge >= 0.3 is 6.01 Å². The highest BCUT2D eigenvalue weighted by Crippen LogP contribution is 2.22. The standard InChI is InChI=1S/C12H16N6O2/c19-10(4-8-18-7-2-6-14-18)15-12-17-16-11(20-12)9-3-1-5-13-9/h2,6-7,9,13H,1,3-5,8H2,(H,15,17,19). The van der Waals surface area contributed by atoms with Crippen LogP contribution in [0.3, 0.4) is 0 Å². The van der Waals surface area contributed by atoms with Crippen molar-refractivity contribution in [1.82, 2.24) is 25.3 Å². The maximum atomic E-state index is 11.7. The van der Waals surface area contributed by atoms with Crippen LogP contribution in [0.5, 0.6) is 0 Å². The lowest BCUT2D eigenvalue weighted by atomic mass is 10.2. The summed E-state index contributed by atoms with van der Waals surface area (Å²) < 4.78 is 7.13. The summed E-state index contributed by atoms with van der Waals surface area (Å²) >= 11 is 0. The first-order valence-corrected chi connectivity index (χ1v) is 6.65. The summed E-state index contributed by atoms with van der Waals surface area (Å²) in [7, 11) is 0. The van der Waals surface area contributed by atoms with Crippen molar-refractivity contribution in [3.63, 3.8) is 0 Å². The molecular formula is C12H16N6O2. The quantitative estimate of drug-likeness (QED) is 0.835. The average molecular weight is 276 g/mol. The molecule has 1 unspecified atom stereocenters. The lowest BCUT2D eigenvalue weighted by Crippen LogP contribution is -2.15. The van der Waals surface area contributed by atoms with Crippen molar-refractivity contribution in [3.8, 4) is 0 Å². The number of hydrogen-bond acceptors (Lipinski definition) is 6. The molecule has 1 fully saturated rings. The molecule has 0 aliphatic carbocycles. The summed E-state index contributed by atoms with van der Waals surface area (Å²) in [5, 5.41) is 17.7. The third kappa shape index (κ3) is 3.02. The van der Waals surface area contributed by atoms with E-state index in [1.165, 1.54) is 0 Å². The van der Waals surface area contributed by atoms with Gasteiger partial charge in [-0.1, -0.05) is 5.10 Å². The van der Waals surface area contributed by atoms with E-state index in [2.05, 4.69) is 25.9 Å². The van der Waals surface area contributed by atoms with Crippen LogP contribution in [0.15, 0.2) is 22.9 Å². The van der Waals surface area contributed by atoms with Crippen LogP contribution >= 0.6 is 0 Å². The van der Waals surface area contributed by atoms with E-state index in [0.29, 0.717) is 18.9 Å². The molecule has 8 nitrogen and oxygen atoms in total. The highest BCUT2D eigenvalue weighted by Gasteiger charge is 2.22. The van der Waals surface area contributed by atoms with E-state index in [1.54, 1.807) is 10.9 Å². The van der Waals surface area contributed by atoms with Crippen molar-refractivity contribution in [2.24, 2.45) is 0 Å². The summed E-state index contributed by atoms with van der Waals surface area (Å²) in [6.45, 7) is 1.47. The number of nitrogens with zero attached hydrogens (tertiary/aromatic N) is 4.